The van der Waals surface area contributed by atoms with Crippen molar-refractivity contribution in [3.05, 3.63) is 11.5 Å². The van der Waals surface area contributed by atoms with Gasteiger partial charge in [0.1, 0.15) is 0 Å². The number of rotatable bonds is 2. The molecule has 68 valence electrons. The second kappa shape index (κ2) is 22.6. The molecule has 11 heavy (non-hydrogen) atoms. The summed E-state index contributed by atoms with van der Waals surface area (Å²) in [5, 5.41) is 0. The number of allylic oxidation sites excluding steroid dienone is 1. The molecule has 0 N–H and O–H groups in total. The first-order valence-electron chi connectivity index (χ1n) is 4.08. The molecule has 0 heterocycles. The maximum Gasteiger partial charge on any atom is 0.00987 e. The van der Waals surface area contributed by atoms with Crippen LogP contribution in [0, 0.1) is 0 Å². The van der Waals surface area contributed by atoms with Gasteiger partial charge in [0.25, 0.3) is 0 Å². The molecule has 0 atom stereocenters. The first-order chi connectivity index (χ1) is 5.27. The molecule has 0 radical (unpaired) electrons. The van der Waals surface area contributed by atoms with E-state index in [0.29, 0.717) is 0 Å². The third kappa shape index (κ3) is 41.6. The molecule has 0 aromatic carbocycles. The van der Waals surface area contributed by atoms with E-state index in [2.05, 4.69) is 11.0 Å². The van der Waals surface area contributed by atoms with Crippen molar-refractivity contribution in [2.45, 2.75) is 41.5 Å². The van der Waals surface area contributed by atoms with E-state index in [1.54, 1.807) is 6.21 Å². The summed E-state index contributed by atoms with van der Waals surface area (Å²) in [6, 6.07) is 0. The molecule has 0 unspecified atom stereocenters. The molecule has 0 fully saturated rings. The lowest BCUT2D eigenvalue weighted by Gasteiger charge is -1.83. The predicted molar refractivity (Wildman–Crippen MR) is 59.3 cm³/mol. The van der Waals surface area contributed by atoms with Gasteiger partial charge in [0.2, 0.25) is 0 Å². The van der Waals surface area contributed by atoms with Gasteiger partial charge in [0.15, 0.2) is 0 Å². The van der Waals surface area contributed by atoms with Gasteiger partial charge in [0.05, 0.1) is 0 Å². The summed E-state index contributed by atoms with van der Waals surface area (Å²) in [6.45, 7) is 15.5. The first-order valence-corrected chi connectivity index (χ1v) is 4.85. The lowest BCUT2D eigenvalue weighted by molar-refractivity contribution is 1.50. The van der Waals surface area contributed by atoms with Gasteiger partial charge < -0.3 is 0 Å². The average Bonchev–Trinajstić information content (AvgIpc) is 2.08. The Morgan fingerprint density at radius 2 is 1.64 bits per heavy atom. The summed E-state index contributed by atoms with van der Waals surface area (Å²) in [7, 11) is 0. The van der Waals surface area contributed by atoms with Gasteiger partial charge in [-0.1, -0.05) is 34.3 Å². The van der Waals surface area contributed by atoms with Crippen LogP contribution in [0.25, 0.3) is 0 Å². The molecule has 0 aromatic heterocycles. The fraction of sp³-hybridized carbons (Fsp3) is 0.667. The highest BCUT2D eigenvalue weighted by Gasteiger charge is 1.75. The minimum atomic E-state index is 1.03. The Labute approximate surface area is 76.1 Å². The molecule has 0 aliphatic rings. The molecule has 1 nitrogen and oxygen atoms in total. The van der Waals surface area contributed by atoms with Crippen molar-refractivity contribution in [1.29, 1.82) is 0 Å². The van der Waals surface area contributed by atoms with Gasteiger partial charge in [-0.15, -0.1) is 0 Å². The van der Waals surface area contributed by atoms with Crippen molar-refractivity contribution >= 4 is 18.2 Å². The fourth-order valence-corrected chi connectivity index (χ4v) is 0.428. The third-order valence-electron chi connectivity index (χ3n) is 0.314. The molecule has 0 saturated heterocycles. The van der Waals surface area contributed by atoms with E-state index >= 15 is 0 Å². The minimum Gasteiger partial charge on any atom is -0.224 e. The highest BCUT2D eigenvalue weighted by molar-refractivity contribution is 8.01. The van der Waals surface area contributed by atoms with Crippen molar-refractivity contribution in [2.24, 2.45) is 4.40 Å². The van der Waals surface area contributed by atoms with Crippen molar-refractivity contribution in [2.75, 3.05) is 0 Å². The Hall–Kier alpha value is -0.240. The Bertz CT molecular complexity index is 87.6. The predicted octanol–water partition coefficient (Wildman–Crippen LogP) is 4.31. The largest absolute Gasteiger partial charge is 0.224 e. The Morgan fingerprint density at radius 1 is 1.27 bits per heavy atom. The Balaban J connectivity index is -0.000000138. The van der Waals surface area contributed by atoms with Crippen molar-refractivity contribution in [3.8, 4) is 0 Å². The molecule has 0 aliphatic carbocycles. The van der Waals surface area contributed by atoms with Gasteiger partial charge in [-0.25, -0.2) is 4.40 Å². The van der Waals surface area contributed by atoms with Crippen molar-refractivity contribution < 1.29 is 0 Å². The topological polar surface area (TPSA) is 12.4 Å². The Kier molecular flexibility index (Phi) is 34.9. The average molecular weight is 175 g/mol. The van der Waals surface area contributed by atoms with Crippen LogP contribution in [0.15, 0.2) is 15.9 Å². The Morgan fingerprint density at radius 3 is 1.73 bits per heavy atom. The molecule has 0 bridgehead atoms. The monoisotopic (exact) mass is 175 g/mol. The summed E-state index contributed by atoms with van der Waals surface area (Å²) in [6.07, 6.45) is 1.75. The zero-order valence-electron chi connectivity index (χ0n) is 8.64. The maximum atomic E-state index is 3.86. The van der Waals surface area contributed by atoms with Gasteiger partial charge in [0, 0.05) is 18.2 Å². The van der Waals surface area contributed by atoms with Gasteiger partial charge in [-0.05, 0) is 18.8 Å². The molecule has 0 rings (SSSR count). The molecular formula is C9H21NS. The molecule has 2 heteroatoms. The quantitative estimate of drug-likeness (QED) is 0.450. The molecule has 0 amide bonds. The smallest absolute Gasteiger partial charge is 0.00987 e. The van der Waals surface area contributed by atoms with Crippen molar-refractivity contribution in [1.82, 2.24) is 0 Å². The zero-order chi connectivity index (χ0) is 9.70. The third-order valence-corrected chi connectivity index (χ3v) is 0.942. The van der Waals surface area contributed by atoms with Crippen LogP contribution in [-0.4, -0.2) is 6.21 Å². The molecule has 0 spiro atoms. The minimum absolute atomic E-state index is 1.03. The van der Waals surface area contributed by atoms with Crippen LogP contribution >= 0.6 is 11.9 Å². The van der Waals surface area contributed by atoms with Crippen LogP contribution < -0.4 is 0 Å². The first kappa shape index (κ1) is 17.0. The summed E-state index contributed by atoms with van der Waals surface area (Å²) in [5.74, 6) is 0. The van der Waals surface area contributed by atoms with Gasteiger partial charge in [-0.3, -0.25) is 0 Å². The second-order valence-electron chi connectivity index (χ2n) is 1.16. The summed E-state index contributed by atoms with van der Waals surface area (Å²) < 4.78 is 3.86. The fourth-order valence-electron chi connectivity index (χ4n) is 0.143. The summed E-state index contributed by atoms with van der Waals surface area (Å²) in [4.78, 5) is 1.03. The highest BCUT2D eigenvalue weighted by atomic mass is 32.2. The lowest BCUT2D eigenvalue weighted by Crippen LogP contribution is -1.55. The van der Waals surface area contributed by atoms with E-state index < -0.39 is 0 Å². The highest BCUT2D eigenvalue weighted by Crippen LogP contribution is 2.10. The summed E-state index contributed by atoms with van der Waals surface area (Å²) >= 11 is 1.41. The number of hydrogen-bond donors (Lipinski definition) is 0. The van der Waals surface area contributed by atoms with Crippen LogP contribution in [0.3, 0.4) is 0 Å². The van der Waals surface area contributed by atoms with E-state index in [0.717, 1.165) is 4.91 Å². The SMILES string of the molecule is C=C(C)S/N=C\C.CC.CC. The van der Waals surface area contributed by atoms with E-state index in [9.17, 15) is 0 Å². The van der Waals surface area contributed by atoms with Crippen LogP contribution in [0.2, 0.25) is 0 Å². The lowest BCUT2D eigenvalue weighted by atomic mass is 10.8. The van der Waals surface area contributed by atoms with Crippen LogP contribution in [0.4, 0.5) is 0 Å². The molecule has 0 aromatic rings. The second-order valence-corrected chi connectivity index (χ2v) is 2.25. The van der Waals surface area contributed by atoms with Crippen LogP contribution in [0.5, 0.6) is 0 Å². The molecule has 0 aliphatic heterocycles. The van der Waals surface area contributed by atoms with E-state index in [1.807, 2.05) is 41.5 Å². The number of nitrogens with zero attached hydrogens (tertiary/aromatic N) is 1. The summed E-state index contributed by atoms with van der Waals surface area (Å²) in [5.41, 5.74) is 0. The van der Waals surface area contributed by atoms with E-state index in [-0.39, 0.29) is 0 Å². The van der Waals surface area contributed by atoms with E-state index in [4.69, 9.17) is 0 Å². The number of hydrogen-bond acceptors (Lipinski definition) is 2. The van der Waals surface area contributed by atoms with E-state index in [1.165, 1.54) is 11.9 Å². The van der Waals surface area contributed by atoms with Crippen LogP contribution in [-0.2, 0) is 0 Å². The van der Waals surface area contributed by atoms with Crippen LogP contribution in [0.1, 0.15) is 41.5 Å². The maximum absolute atomic E-state index is 3.86. The van der Waals surface area contributed by atoms with Gasteiger partial charge in [-0.2, -0.15) is 0 Å². The van der Waals surface area contributed by atoms with Gasteiger partial charge >= 0.3 is 0 Å². The molecule has 0 saturated carbocycles. The normalized spacial score (nSPS) is 7.45. The molecular weight excluding hydrogens is 154 g/mol. The van der Waals surface area contributed by atoms with Crippen molar-refractivity contribution in [3.63, 3.8) is 0 Å². The zero-order valence-corrected chi connectivity index (χ0v) is 9.46. The standard InChI is InChI=1S/C5H9NS.2C2H6/c1-4-6-7-5(2)3;2*1-2/h4H,2H2,1,3H3;2*1-2H3/b6-4-;;.